The maximum Gasteiger partial charge on any atom is 0.123 e. The maximum atomic E-state index is 13.3. The van der Waals surface area contributed by atoms with Gasteiger partial charge >= 0.3 is 0 Å². The smallest absolute Gasteiger partial charge is 0.123 e. The number of hydrogen-bond acceptors (Lipinski definition) is 2. The fraction of sp³-hybridized carbons (Fsp3) is 0.333. The van der Waals surface area contributed by atoms with Crippen LogP contribution in [-0.2, 0) is 12.8 Å². The molecule has 112 valence electrons. The summed E-state index contributed by atoms with van der Waals surface area (Å²) in [4.78, 5) is 0. The number of rotatable bonds is 5. The summed E-state index contributed by atoms with van der Waals surface area (Å²) in [6, 6.07) is 12.3. The number of aryl methyl sites for hydroxylation is 1. The second-order valence-corrected chi connectivity index (χ2v) is 5.77. The average molecular weight is 288 g/mol. The van der Waals surface area contributed by atoms with Crippen LogP contribution >= 0.6 is 0 Å². The molecule has 2 nitrogen and oxygen atoms in total. The van der Waals surface area contributed by atoms with Crippen LogP contribution in [0.3, 0.4) is 0 Å². The highest BCUT2D eigenvalue weighted by atomic mass is 19.1. The molecule has 2 aromatic rings. The van der Waals surface area contributed by atoms with E-state index < -0.39 is 5.60 Å². The molecule has 0 radical (unpaired) electrons. The summed E-state index contributed by atoms with van der Waals surface area (Å²) in [5, 5.41) is 10.6. The van der Waals surface area contributed by atoms with Crippen molar-refractivity contribution in [2.24, 2.45) is 0 Å². The van der Waals surface area contributed by atoms with E-state index in [0.29, 0.717) is 12.8 Å². The van der Waals surface area contributed by atoms with Crippen molar-refractivity contribution in [2.75, 3.05) is 7.11 Å². The molecular weight excluding hydrogens is 267 g/mol. The minimum Gasteiger partial charge on any atom is -0.497 e. The summed E-state index contributed by atoms with van der Waals surface area (Å²) >= 11 is 0. The molecule has 0 aliphatic heterocycles. The fourth-order valence-corrected chi connectivity index (χ4v) is 2.49. The Morgan fingerprint density at radius 1 is 1.10 bits per heavy atom. The van der Waals surface area contributed by atoms with Crippen molar-refractivity contribution < 1.29 is 14.2 Å². The normalized spacial score (nSPS) is 13.8. The molecule has 0 bridgehead atoms. The first-order valence-corrected chi connectivity index (χ1v) is 7.00. The Morgan fingerprint density at radius 2 is 1.76 bits per heavy atom. The monoisotopic (exact) mass is 288 g/mol. The minimum absolute atomic E-state index is 0.268. The summed E-state index contributed by atoms with van der Waals surface area (Å²) in [7, 11) is 1.62. The molecule has 0 spiro atoms. The lowest BCUT2D eigenvalue weighted by atomic mass is 9.88. The van der Waals surface area contributed by atoms with E-state index in [1.54, 1.807) is 20.1 Å². The lowest BCUT2D eigenvalue weighted by molar-refractivity contribution is 0.0606. The highest BCUT2D eigenvalue weighted by molar-refractivity contribution is 5.30. The van der Waals surface area contributed by atoms with Crippen LogP contribution in [0.4, 0.5) is 4.39 Å². The standard InChI is InChI=1S/C18H21FO2/c1-13-4-7-16(19)10-15(13)12-18(2,20)11-14-5-8-17(21-3)9-6-14/h4-10,20H,11-12H2,1-3H3. The Bertz CT molecular complexity index is 603. The van der Waals surface area contributed by atoms with E-state index in [1.165, 1.54) is 12.1 Å². The molecule has 0 fully saturated rings. The average Bonchev–Trinajstić information content (AvgIpc) is 2.43. The van der Waals surface area contributed by atoms with E-state index in [-0.39, 0.29) is 5.82 Å². The van der Waals surface area contributed by atoms with E-state index in [0.717, 1.165) is 22.4 Å². The van der Waals surface area contributed by atoms with Crippen LogP contribution in [0.5, 0.6) is 5.75 Å². The third-order valence-corrected chi connectivity index (χ3v) is 3.63. The van der Waals surface area contributed by atoms with Crippen LogP contribution in [0.1, 0.15) is 23.6 Å². The van der Waals surface area contributed by atoms with Crippen molar-refractivity contribution in [2.45, 2.75) is 32.3 Å². The molecule has 0 saturated heterocycles. The molecule has 0 aliphatic rings. The van der Waals surface area contributed by atoms with Gasteiger partial charge in [0.1, 0.15) is 11.6 Å². The topological polar surface area (TPSA) is 29.5 Å². The molecular formula is C18H21FO2. The zero-order valence-corrected chi connectivity index (χ0v) is 12.7. The first-order chi connectivity index (χ1) is 9.89. The third-order valence-electron chi connectivity index (χ3n) is 3.63. The lowest BCUT2D eigenvalue weighted by Crippen LogP contribution is -2.30. The largest absolute Gasteiger partial charge is 0.497 e. The summed E-state index contributed by atoms with van der Waals surface area (Å²) in [6.07, 6.45) is 0.926. The number of hydrogen-bond donors (Lipinski definition) is 1. The van der Waals surface area contributed by atoms with Gasteiger partial charge in [-0.05, 0) is 54.8 Å². The summed E-state index contributed by atoms with van der Waals surface area (Å²) in [5.74, 6) is 0.523. The molecule has 2 aromatic carbocycles. The molecule has 21 heavy (non-hydrogen) atoms. The zero-order valence-electron chi connectivity index (χ0n) is 12.7. The molecule has 0 aliphatic carbocycles. The molecule has 1 atom stereocenters. The van der Waals surface area contributed by atoms with Crippen LogP contribution in [0, 0.1) is 12.7 Å². The van der Waals surface area contributed by atoms with Gasteiger partial charge in [0.2, 0.25) is 0 Å². The maximum absolute atomic E-state index is 13.3. The van der Waals surface area contributed by atoms with Gasteiger partial charge in [-0.15, -0.1) is 0 Å². The number of benzene rings is 2. The number of aliphatic hydroxyl groups is 1. The molecule has 1 N–H and O–H groups in total. The molecule has 3 heteroatoms. The van der Waals surface area contributed by atoms with Gasteiger partial charge in [0.15, 0.2) is 0 Å². The van der Waals surface area contributed by atoms with Crippen LogP contribution in [0.25, 0.3) is 0 Å². The lowest BCUT2D eigenvalue weighted by Gasteiger charge is -2.24. The fourth-order valence-electron chi connectivity index (χ4n) is 2.49. The Labute approximate surface area is 125 Å². The number of methoxy groups -OCH3 is 1. The van der Waals surface area contributed by atoms with Crippen molar-refractivity contribution in [3.63, 3.8) is 0 Å². The van der Waals surface area contributed by atoms with Crippen molar-refractivity contribution in [1.82, 2.24) is 0 Å². The quantitative estimate of drug-likeness (QED) is 0.909. The zero-order chi connectivity index (χ0) is 15.5. The van der Waals surface area contributed by atoms with Crippen molar-refractivity contribution in [3.8, 4) is 5.75 Å². The van der Waals surface area contributed by atoms with E-state index in [9.17, 15) is 9.50 Å². The predicted molar refractivity (Wildman–Crippen MR) is 82.2 cm³/mol. The molecule has 0 aromatic heterocycles. The van der Waals surface area contributed by atoms with E-state index in [2.05, 4.69) is 0 Å². The van der Waals surface area contributed by atoms with Crippen LogP contribution < -0.4 is 4.74 Å². The van der Waals surface area contributed by atoms with E-state index in [4.69, 9.17) is 4.74 Å². The molecule has 1 unspecified atom stereocenters. The van der Waals surface area contributed by atoms with Crippen molar-refractivity contribution >= 4 is 0 Å². The van der Waals surface area contributed by atoms with Crippen LogP contribution in [-0.4, -0.2) is 17.8 Å². The van der Waals surface area contributed by atoms with Gasteiger partial charge in [-0.3, -0.25) is 0 Å². The van der Waals surface area contributed by atoms with Gasteiger partial charge in [-0.1, -0.05) is 18.2 Å². The van der Waals surface area contributed by atoms with Gasteiger partial charge in [0, 0.05) is 12.8 Å². The van der Waals surface area contributed by atoms with Gasteiger partial charge in [0.05, 0.1) is 12.7 Å². The molecule has 0 heterocycles. The van der Waals surface area contributed by atoms with Crippen molar-refractivity contribution in [3.05, 3.63) is 65.0 Å². The van der Waals surface area contributed by atoms with Crippen LogP contribution in [0.2, 0.25) is 0 Å². The Hall–Kier alpha value is -1.87. The first-order valence-electron chi connectivity index (χ1n) is 7.00. The Morgan fingerprint density at radius 3 is 2.38 bits per heavy atom. The SMILES string of the molecule is COc1ccc(CC(C)(O)Cc2cc(F)ccc2C)cc1. The van der Waals surface area contributed by atoms with Gasteiger partial charge in [-0.25, -0.2) is 4.39 Å². The number of ether oxygens (including phenoxy) is 1. The van der Waals surface area contributed by atoms with E-state index >= 15 is 0 Å². The highest BCUT2D eigenvalue weighted by Gasteiger charge is 2.22. The minimum atomic E-state index is -0.923. The highest BCUT2D eigenvalue weighted by Crippen LogP contribution is 2.22. The van der Waals surface area contributed by atoms with Gasteiger partial charge in [0.25, 0.3) is 0 Å². The Balaban J connectivity index is 2.11. The predicted octanol–water partition coefficient (Wildman–Crippen LogP) is 3.68. The second-order valence-electron chi connectivity index (χ2n) is 5.77. The van der Waals surface area contributed by atoms with Crippen molar-refractivity contribution in [1.29, 1.82) is 0 Å². The summed E-state index contributed by atoms with van der Waals surface area (Å²) in [5.41, 5.74) is 1.93. The first kappa shape index (κ1) is 15.5. The van der Waals surface area contributed by atoms with E-state index in [1.807, 2.05) is 31.2 Å². The Kier molecular flexibility index (Phi) is 4.63. The van der Waals surface area contributed by atoms with Gasteiger partial charge in [-0.2, -0.15) is 0 Å². The third kappa shape index (κ3) is 4.30. The summed E-state index contributed by atoms with van der Waals surface area (Å²) in [6.45, 7) is 3.71. The molecule has 0 amide bonds. The molecule has 0 saturated carbocycles. The summed E-state index contributed by atoms with van der Waals surface area (Å²) < 4.78 is 18.5. The van der Waals surface area contributed by atoms with Gasteiger partial charge < -0.3 is 9.84 Å². The van der Waals surface area contributed by atoms with Crippen LogP contribution in [0.15, 0.2) is 42.5 Å². The second kappa shape index (κ2) is 6.27. The molecule has 2 rings (SSSR count). The number of halogens is 1.